The van der Waals surface area contributed by atoms with Gasteiger partial charge in [-0.15, -0.1) is 0 Å². The van der Waals surface area contributed by atoms with Crippen LogP contribution in [0.15, 0.2) is 0 Å². The SMILES string of the molecule is CC(=O)C(C)OCC1CCCC1. The standard InChI is InChI=1S/C10H18O2/c1-8(11)9(2)12-7-10-5-3-4-6-10/h9-10H,3-7H2,1-2H3. The number of hydrogen-bond donors (Lipinski definition) is 0. The van der Waals surface area contributed by atoms with Gasteiger partial charge in [-0.1, -0.05) is 12.8 Å². The maximum atomic E-state index is 10.8. The van der Waals surface area contributed by atoms with Crippen molar-refractivity contribution in [3.05, 3.63) is 0 Å². The summed E-state index contributed by atoms with van der Waals surface area (Å²) in [6.45, 7) is 4.19. The molecule has 0 aliphatic heterocycles. The topological polar surface area (TPSA) is 26.3 Å². The molecule has 2 nitrogen and oxygen atoms in total. The molecule has 12 heavy (non-hydrogen) atoms. The highest BCUT2D eigenvalue weighted by Gasteiger charge is 2.17. The quantitative estimate of drug-likeness (QED) is 0.646. The molecule has 1 rings (SSSR count). The summed E-state index contributed by atoms with van der Waals surface area (Å²) in [6, 6.07) is 0. The van der Waals surface area contributed by atoms with Gasteiger partial charge in [0.1, 0.15) is 6.10 Å². The van der Waals surface area contributed by atoms with Gasteiger partial charge in [-0.3, -0.25) is 4.79 Å². The Morgan fingerprint density at radius 1 is 1.50 bits per heavy atom. The van der Waals surface area contributed by atoms with Gasteiger partial charge in [0, 0.05) is 0 Å². The zero-order valence-corrected chi connectivity index (χ0v) is 8.01. The molecule has 0 radical (unpaired) electrons. The van der Waals surface area contributed by atoms with E-state index in [1.54, 1.807) is 6.92 Å². The molecule has 1 atom stereocenters. The minimum absolute atomic E-state index is 0.132. The lowest BCUT2D eigenvalue weighted by Gasteiger charge is -2.13. The summed E-state index contributed by atoms with van der Waals surface area (Å²) in [4.78, 5) is 10.8. The van der Waals surface area contributed by atoms with Gasteiger partial charge >= 0.3 is 0 Å². The van der Waals surface area contributed by atoms with Gasteiger partial charge in [0.15, 0.2) is 5.78 Å². The first-order valence-corrected chi connectivity index (χ1v) is 4.82. The van der Waals surface area contributed by atoms with E-state index in [1.807, 2.05) is 6.92 Å². The van der Waals surface area contributed by atoms with Crippen molar-refractivity contribution in [2.75, 3.05) is 6.61 Å². The van der Waals surface area contributed by atoms with Crippen molar-refractivity contribution < 1.29 is 9.53 Å². The van der Waals surface area contributed by atoms with Gasteiger partial charge in [0.2, 0.25) is 0 Å². The lowest BCUT2D eigenvalue weighted by Crippen LogP contribution is -2.20. The number of ether oxygens (including phenoxy) is 1. The minimum Gasteiger partial charge on any atom is -0.370 e. The zero-order valence-electron chi connectivity index (χ0n) is 8.01. The van der Waals surface area contributed by atoms with Crippen LogP contribution in [0.25, 0.3) is 0 Å². The molecule has 0 amide bonds. The number of Topliss-reactive ketones (excluding diaryl/α,β-unsaturated/α-hetero) is 1. The third-order valence-electron chi connectivity index (χ3n) is 2.63. The molecule has 0 aromatic heterocycles. The van der Waals surface area contributed by atoms with E-state index in [4.69, 9.17) is 4.74 Å². The monoisotopic (exact) mass is 170 g/mol. The Morgan fingerprint density at radius 3 is 2.58 bits per heavy atom. The van der Waals surface area contributed by atoms with Crippen molar-refractivity contribution >= 4 is 5.78 Å². The fourth-order valence-electron chi connectivity index (χ4n) is 1.57. The van der Waals surface area contributed by atoms with Crippen LogP contribution in [0.2, 0.25) is 0 Å². The minimum atomic E-state index is -0.203. The van der Waals surface area contributed by atoms with Crippen LogP contribution in [0.3, 0.4) is 0 Å². The summed E-state index contributed by atoms with van der Waals surface area (Å²) < 4.78 is 5.44. The Balaban J connectivity index is 2.11. The molecule has 1 aliphatic carbocycles. The van der Waals surface area contributed by atoms with E-state index in [0.717, 1.165) is 6.61 Å². The molecule has 1 saturated carbocycles. The van der Waals surface area contributed by atoms with Crippen LogP contribution in [0, 0.1) is 5.92 Å². The van der Waals surface area contributed by atoms with Gasteiger partial charge in [0.05, 0.1) is 6.61 Å². The van der Waals surface area contributed by atoms with Gasteiger partial charge in [-0.25, -0.2) is 0 Å². The van der Waals surface area contributed by atoms with E-state index >= 15 is 0 Å². The average molecular weight is 170 g/mol. The molecule has 0 heterocycles. The fourth-order valence-corrected chi connectivity index (χ4v) is 1.57. The molecular weight excluding hydrogens is 152 g/mol. The number of hydrogen-bond acceptors (Lipinski definition) is 2. The van der Waals surface area contributed by atoms with Gasteiger partial charge < -0.3 is 4.74 Å². The van der Waals surface area contributed by atoms with E-state index in [2.05, 4.69) is 0 Å². The van der Waals surface area contributed by atoms with Crippen molar-refractivity contribution in [2.45, 2.75) is 45.6 Å². The molecule has 0 N–H and O–H groups in total. The van der Waals surface area contributed by atoms with Crippen LogP contribution in [-0.2, 0) is 9.53 Å². The molecule has 0 saturated heterocycles. The van der Waals surface area contributed by atoms with Crippen LogP contribution < -0.4 is 0 Å². The molecule has 1 fully saturated rings. The van der Waals surface area contributed by atoms with E-state index in [-0.39, 0.29) is 11.9 Å². The highest BCUT2D eigenvalue weighted by atomic mass is 16.5. The maximum Gasteiger partial charge on any atom is 0.158 e. The second-order valence-corrected chi connectivity index (χ2v) is 3.74. The summed E-state index contributed by atoms with van der Waals surface area (Å²) >= 11 is 0. The first-order valence-electron chi connectivity index (χ1n) is 4.82. The number of carbonyl (C=O) groups excluding carboxylic acids is 1. The van der Waals surface area contributed by atoms with Crippen LogP contribution in [-0.4, -0.2) is 18.5 Å². The maximum absolute atomic E-state index is 10.8. The molecule has 0 spiro atoms. The largest absolute Gasteiger partial charge is 0.370 e. The van der Waals surface area contributed by atoms with E-state index in [0.29, 0.717) is 5.92 Å². The number of rotatable bonds is 4. The second kappa shape index (κ2) is 4.61. The molecule has 0 aromatic rings. The third-order valence-corrected chi connectivity index (χ3v) is 2.63. The summed E-state index contributed by atoms with van der Waals surface area (Å²) in [7, 11) is 0. The lowest BCUT2D eigenvalue weighted by atomic mass is 10.1. The summed E-state index contributed by atoms with van der Waals surface area (Å²) in [6.07, 6.45) is 5.03. The smallest absolute Gasteiger partial charge is 0.158 e. The summed E-state index contributed by atoms with van der Waals surface area (Å²) in [5.41, 5.74) is 0. The third kappa shape index (κ3) is 2.94. The summed E-state index contributed by atoms with van der Waals surface area (Å²) in [5, 5.41) is 0. The molecule has 0 aromatic carbocycles. The number of carbonyl (C=O) groups is 1. The van der Waals surface area contributed by atoms with Gasteiger partial charge in [0.25, 0.3) is 0 Å². The molecule has 70 valence electrons. The first-order chi connectivity index (χ1) is 5.70. The fraction of sp³-hybridized carbons (Fsp3) is 0.900. The lowest BCUT2D eigenvalue weighted by molar-refractivity contribution is -0.128. The highest BCUT2D eigenvalue weighted by molar-refractivity contribution is 5.79. The molecule has 1 unspecified atom stereocenters. The van der Waals surface area contributed by atoms with Crippen LogP contribution in [0.1, 0.15) is 39.5 Å². The Bertz CT molecular complexity index is 148. The van der Waals surface area contributed by atoms with E-state index < -0.39 is 0 Å². The van der Waals surface area contributed by atoms with Crippen molar-refractivity contribution in [3.63, 3.8) is 0 Å². The second-order valence-electron chi connectivity index (χ2n) is 3.74. The van der Waals surface area contributed by atoms with E-state index in [1.165, 1.54) is 25.7 Å². The van der Waals surface area contributed by atoms with Gasteiger partial charge in [-0.05, 0) is 32.6 Å². The van der Waals surface area contributed by atoms with Crippen molar-refractivity contribution in [2.24, 2.45) is 5.92 Å². The molecular formula is C10H18O2. The molecule has 2 heteroatoms. The normalized spacial score (nSPS) is 21.2. The average Bonchev–Trinajstić information content (AvgIpc) is 2.51. The molecule has 0 bridgehead atoms. The first kappa shape index (κ1) is 9.72. The van der Waals surface area contributed by atoms with Crippen LogP contribution >= 0.6 is 0 Å². The van der Waals surface area contributed by atoms with Crippen molar-refractivity contribution in [1.82, 2.24) is 0 Å². The molecule has 1 aliphatic rings. The van der Waals surface area contributed by atoms with Crippen molar-refractivity contribution in [1.29, 1.82) is 0 Å². The Labute approximate surface area is 74.3 Å². The zero-order chi connectivity index (χ0) is 8.97. The summed E-state index contributed by atoms with van der Waals surface area (Å²) in [5.74, 6) is 0.847. The van der Waals surface area contributed by atoms with Gasteiger partial charge in [-0.2, -0.15) is 0 Å². The van der Waals surface area contributed by atoms with Crippen LogP contribution in [0.5, 0.6) is 0 Å². The number of ketones is 1. The highest BCUT2D eigenvalue weighted by Crippen LogP contribution is 2.24. The predicted molar refractivity (Wildman–Crippen MR) is 48.1 cm³/mol. The predicted octanol–water partition coefficient (Wildman–Crippen LogP) is 2.17. The van der Waals surface area contributed by atoms with Crippen LogP contribution in [0.4, 0.5) is 0 Å². The van der Waals surface area contributed by atoms with E-state index in [9.17, 15) is 4.79 Å². The van der Waals surface area contributed by atoms with Crippen molar-refractivity contribution in [3.8, 4) is 0 Å². The Morgan fingerprint density at radius 2 is 2.08 bits per heavy atom. The Hall–Kier alpha value is -0.370. The Kier molecular flexibility index (Phi) is 3.73.